The van der Waals surface area contributed by atoms with Crippen LogP contribution in [0.15, 0.2) is 18.2 Å². The van der Waals surface area contributed by atoms with Crippen molar-refractivity contribution < 1.29 is 9.53 Å². The van der Waals surface area contributed by atoms with Gasteiger partial charge in [0.05, 0.1) is 17.7 Å². The van der Waals surface area contributed by atoms with Gasteiger partial charge in [-0.15, -0.1) is 11.3 Å². The molecule has 0 saturated heterocycles. The van der Waals surface area contributed by atoms with E-state index in [4.69, 9.17) is 16.3 Å². The Morgan fingerprint density at radius 3 is 2.85 bits per heavy atom. The third kappa shape index (κ3) is 2.96. The van der Waals surface area contributed by atoms with Crippen molar-refractivity contribution in [1.82, 2.24) is 10.2 Å². The molecular formula is C19H22ClN3O2S. The molecule has 3 heterocycles. The minimum absolute atomic E-state index is 0.00816. The fraction of sp³-hybridized carbons (Fsp3) is 0.421. The number of ether oxygens (including phenoxy) is 1. The van der Waals surface area contributed by atoms with E-state index in [1.165, 1.54) is 10.4 Å². The molecule has 1 amide bonds. The zero-order valence-electron chi connectivity index (χ0n) is 15.1. The highest BCUT2D eigenvalue weighted by Crippen LogP contribution is 2.41. The summed E-state index contributed by atoms with van der Waals surface area (Å²) in [4.78, 5) is 16.6. The van der Waals surface area contributed by atoms with Gasteiger partial charge < -0.3 is 15.4 Å². The summed E-state index contributed by atoms with van der Waals surface area (Å²) >= 11 is 7.95. The normalized spacial score (nSPS) is 19.6. The van der Waals surface area contributed by atoms with E-state index in [-0.39, 0.29) is 12.1 Å². The molecule has 26 heavy (non-hydrogen) atoms. The summed E-state index contributed by atoms with van der Waals surface area (Å²) in [5, 5.41) is 8.04. The molecule has 1 aromatic carbocycles. The molecule has 7 heteroatoms. The Labute approximate surface area is 162 Å². The lowest BCUT2D eigenvalue weighted by molar-refractivity contribution is 0.0934. The molecule has 0 bridgehead atoms. The molecule has 0 aliphatic carbocycles. The second kappa shape index (κ2) is 6.76. The number of hydrogen-bond acceptors (Lipinski definition) is 5. The van der Waals surface area contributed by atoms with Crippen LogP contribution in [0.1, 0.15) is 46.4 Å². The molecule has 2 aromatic rings. The summed E-state index contributed by atoms with van der Waals surface area (Å²) in [6.07, 6.45) is 0.632. The molecule has 0 spiro atoms. The maximum absolute atomic E-state index is 12.8. The summed E-state index contributed by atoms with van der Waals surface area (Å²) in [7, 11) is 1.59. The number of anilines is 1. The summed E-state index contributed by atoms with van der Waals surface area (Å²) < 4.78 is 5.21. The Hall–Kier alpha value is -1.76. The number of thiophene rings is 1. The molecule has 2 aliphatic rings. The number of halogens is 1. The average molecular weight is 392 g/mol. The van der Waals surface area contributed by atoms with Crippen LogP contribution in [-0.4, -0.2) is 30.5 Å². The maximum atomic E-state index is 12.8. The quantitative estimate of drug-likeness (QED) is 0.829. The van der Waals surface area contributed by atoms with Gasteiger partial charge in [0.1, 0.15) is 16.9 Å². The van der Waals surface area contributed by atoms with Crippen molar-refractivity contribution in [3.05, 3.63) is 44.8 Å². The molecule has 2 N–H and O–H groups in total. The van der Waals surface area contributed by atoms with Crippen LogP contribution in [0.3, 0.4) is 0 Å². The molecule has 138 valence electrons. The SMILES string of the molecule is COc1ccc(C2NC(=O)c3c(sc4c3CCN(C(C)C)C4)N2)cc1Cl. The van der Waals surface area contributed by atoms with Crippen molar-refractivity contribution in [2.24, 2.45) is 0 Å². The standard InChI is InChI=1S/C19H22ClN3O2S/c1-10(2)23-7-6-12-15(9-23)26-19-16(12)18(24)21-17(22-19)11-4-5-14(25-3)13(20)8-11/h4-5,8,10,17,22H,6-7,9H2,1-3H3,(H,21,24). The minimum atomic E-state index is -0.292. The summed E-state index contributed by atoms with van der Waals surface area (Å²) in [6, 6.07) is 6.08. The van der Waals surface area contributed by atoms with Gasteiger partial charge in [-0.25, -0.2) is 0 Å². The molecule has 5 nitrogen and oxygen atoms in total. The van der Waals surface area contributed by atoms with Gasteiger partial charge in [0.2, 0.25) is 0 Å². The van der Waals surface area contributed by atoms with Crippen LogP contribution in [0.5, 0.6) is 5.75 Å². The van der Waals surface area contributed by atoms with Crippen molar-refractivity contribution in [2.75, 3.05) is 19.0 Å². The molecule has 1 atom stereocenters. The molecule has 0 radical (unpaired) electrons. The first-order valence-electron chi connectivity index (χ1n) is 8.77. The Balaban J connectivity index is 1.63. The number of carbonyl (C=O) groups is 1. The topological polar surface area (TPSA) is 53.6 Å². The lowest BCUT2D eigenvalue weighted by Crippen LogP contribution is -2.39. The molecule has 4 rings (SSSR count). The highest BCUT2D eigenvalue weighted by molar-refractivity contribution is 7.16. The van der Waals surface area contributed by atoms with E-state index >= 15 is 0 Å². The van der Waals surface area contributed by atoms with E-state index in [9.17, 15) is 4.79 Å². The third-order valence-corrected chi connectivity index (χ3v) is 6.55. The van der Waals surface area contributed by atoms with E-state index in [2.05, 4.69) is 29.4 Å². The van der Waals surface area contributed by atoms with Crippen LogP contribution in [0.2, 0.25) is 5.02 Å². The highest BCUT2D eigenvalue weighted by Gasteiger charge is 2.33. The lowest BCUT2D eigenvalue weighted by Gasteiger charge is -2.31. The number of nitrogens with zero attached hydrogens (tertiary/aromatic N) is 1. The van der Waals surface area contributed by atoms with E-state index < -0.39 is 0 Å². The van der Waals surface area contributed by atoms with Gasteiger partial charge in [0, 0.05) is 24.0 Å². The number of methoxy groups -OCH3 is 1. The van der Waals surface area contributed by atoms with Crippen molar-refractivity contribution in [3.63, 3.8) is 0 Å². The summed E-state index contributed by atoms with van der Waals surface area (Å²) in [6.45, 7) is 6.34. The molecular weight excluding hydrogens is 370 g/mol. The molecule has 2 aliphatic heterocycles. The predicted octanol–water partition coefficient (Wildman–Crippen LogP) is 4.03. The first-order valence-corrected chi connectivity index (χ1v) is 9.96. The van der Waals surface area contributed by atoms with Gasteiger partial charge in [-0.2, -0.15) is 0 Å². The largest absolute Gasteiger partial charge is 0.495 e. The van der Waals surface area contributed by atoms with Gasteiger partial charge >= 0.3 is 0 Å². The Bertz CT molecular complexity index is 865. The van der Waals surface area contributed by atoms with Crippen LogP contribution >= 0.6 is 22.9 Å². The fourth-order valence-electron chi connectivity index (χ4n) is 3.61. The van der Waals surface area contributed by atoms with Gasteiger partial charge in [-0.05, 0) is 43.5 Å². The number of carbonyl (C=O) groups excluding carboxylic acids is 1. The third-order valence-electron chi connectivity index (χ3n) is 5.10. The Morgan fingerprint density at radius 1 is 1.35 bits per heavy atom. The monoisotopic (exact) mass is 391 g/mol. The second-order valence-corrected chi connectivity index (χ2v) is 8.48. The Morgan fingerprint density at radius 2 is 2.15 bits per heavy atom. The smallest absolute Gasteiger partial charge is 0.256 e. The highest BCUT2D eigenvalue weighted by atomic mass is 35.5. The van der Waals surface area contributed by atoms with Crippen molar-refractivity contribution in [3.8, 4) is 5.75 Å². The van der Waals surface area contributed by atoms with Gasteiger partial charge in [-0.3, -0.25) is 9.69 Å². The van der Waals surface area contributed by atoms with Crippen molar-refractivity contribution in [2.45, 2.75) is 39.0 Å². The minimum Gasteiger partial charge on any atom is -0.495 e. The lowest BCUT2D eigenvalue weighted by atomic mass is 9.99. The maximum Gasteiger partial charge on any atom is 0.256 e. The van der Waals surface area contributed by atoms with Crippen molar-refractivity contribution >= 4 is 33.8 Å². The number of nitrogens with one attached hydrogen (secondary N) is 2. The molecule has 1 unspecified atom stereocenters. The Kier molecular flexibility index (Phi) is 4.59. The van der Waals surface area contributed by atoms with E-state index in [1.54, 1.807) is 18.4 Å². The number of hydrogen-bond donors (Lipinski definition) is 2. The summed E-state index contributed by atoms with van der Waals surface area (Å²) in [5.41, 5.74) is 2.94. The van der Waals surface area contributed by atoms with Gasteiger partial charge in [0.25, 0.3) is 5.91 Å². The number of rotatable bonds is 3. The molecule has 0 saturated carbocycles. The van der Waals surface area contributed by atoms with Gasteiger partial charge in [0.15, 0.2) is 0 Å². The second-order valence-electron chi connectivity index (χ2n) is 6.97. The average Bonchev–Trinajstić information content (AvgIpc) is 2.99. The predicted molar refractivity (Wildman–Crippen MR) is 105 cm³/mol. The first-order chi connectivity index (χ1) is 12.5. The molecule has 1 aromatic heterocycles. The zero-order chi connectivity index (χ0) is 18.4. The van der Waals surface area contributed by atoms with Crippen LogP contribution in [-0.2, 0) is 13.0 Å². The van der Waals surface area contributed by atoms with E-state index in [0.29, 0.717) is 16.8 Å². The van der Waals surface area contributed by atoms with E-state index in [0.717, 1.165) is 35.6 Å². The van der Waals surface area contributed by atoms with Crippen LogP contribution < -0.4 is 15.4 Å². The number of fused-ring (bicyclic) bond motifs is 3. The van der Waals surface area contributed by atoms with Crippen LogP contribution in [0.4, 0.5) is 5.00 Å². The zero-order valence-corrected chi connectivity index (χ0v) is 16.6. The van der Waals surface area contributed by atoms with Crippen LogP contribution in [0, 0.1) is 0 Å². The summed E-state index contributed by atoms with van der Waals surface area (Å²) in [5.74, 6) is 0.616. The fourth-order valence-corrected chi connectivity index (χ4v) is 5.17. The first kappa shape index (κ1) is 17.6. The number of benzene rings is 1. The van der Waals surface area contributed by atoms with Crippen LogP contribution in [0.25, 0.3) is 0 Å². The number of amides is 1. The van der Waals surface area contributed by atoms with Crippen molar-refractivity contribution in [1.29, 1.82) is 0 Å². The molecule has 0 fully saturated rings. The van der Waals surface area contributed by atoms with E-state index in [1.807, 2.05) is 18.2 Å². The van der Waals surface area contributed by atoms with Gasteiger partial charge in [-0.1, -0.05) is 17.7 Å².